The van der Waals surface area contributed by atoms with Crippen LogP contribution in [0, 0.1) is 24.7 Å². The summed E-state index contributed by atoms with van der Waals surface area (Å²) in [4.78, 5) is 15.1. The second-order valence-corrected chi connectivity index (χ2v) is 6.16. The summed E-state index contributed by atoms with van der Waals surface area (Å²) in [5.74, 6) is 1.62. The second-order valence-electron chi connectivity index (χ2n) is 6.16. The van der Waals surface area contributed by atoms with Crippen LogP contribution in [-0.2, 0) is 4.74 Å². The molecular formula is C15H24N2O2. The van der Waals surface area contributed by atoms with Crippen molar-refractivity contribution < 1.29 is 9.53 Å². The molecule has 0 spiro atoms. The Kier molecular flexibility index (Phi) is 3.88. The summed E-state index contributed by atoms with van der Waals surface area (Å²) < 4.78 is 5.73. The van der Waals surface area contributed by atoms with Crippen LogP contribution in [-0.4, -0.2) is 17.1 Å². The first-order valence-corrected chi connectivity index (χ1v) is 7.04. The molecule has 0 radical (unpaired) electrons. The van der Waals surface area contributed by atoms with Crippen LogP contribution >= 0.6 is 0 Å². The average molecular weight is 264 g/mol. The molecule has 2 atom stereocenters. The zero-order valence-electron chi connectivity index (χ0n) is 12.2. The molecule has 4 nitrogen and oxygen atoms in total. The lowest BCUT2D eigenvalue weighted by molar-refractivity contribution is -0.0251. The van der Waals surface area contributed by atoms with Crippen LogP contribution in [0.2, 0.25) is 0 Å². The number of ether oxygens (including phenoxy) is 1. The highest BCUT2D eigenvalue weighted by Crippen LogP contribution is 2.35. The Labute approximate surface area is 114 Å². The average Bonchev–Trinajstić information content (AvgIpc) is 2.63. The van der Waals surface area contributed by atoms with Gasteiger partial charge in [0.05, 0.1) is 0 Å². The molecule has 0 bridgehead atoms. The van der Waals surface area contributed by atoms with Crippen LogP contribution in [0.4, 0.5) is 5.82 Å². The van der Waals surface area contributed by atoms with Gasteiger partial charge in [0.25, 0.3) is 0 Å². The summed E-state index contributed by atoms with van der Waals surface area (Å²) in [5, 5.41) is 0. The molecule has 1 heterocycles. The van der Waals surface area contributed by atoms with Crippen LogP contribution in [0.25, 0.3) is 0 Å². The molecule has 1 aliphatic rings. The van der Waals surface area contributed by atoms with Crippen molar-refractivity contribution in [3.63, 3.8) is 0 Å². The fourth-order valence-corrected chi connectivity index (χ4v) is 3.42. The van der Waals surface area contributed by atoms with Crippen molar-refractivity contribution in [2.24, 2.45) is 17.8 Å². The Hall–Kier alpha value is -1.45. The highest BCUT2D eigenvalue weighted by atomic mass is 16.5. The summed E-state index contributed by atoms with van der Waals surface area (Å²) in [6.07, 6.45) is 3.97. The minimum Gasteiger partial charge on any atom is -0.458 e. The predicted molar refractivity (Wildman–Crippen MR) is 75.9 cm³/mol. The number of esters is 1. The maximum Gasteiger partial charge on any atom is 0.342 e. The molecule has 19 heavy (non-hydrogen) atoms. The van der Waals surface area contributed by atoms with Gasteiger partial charge in [-0.15, -0.1) is 0 Å². The van der Waals surface area contributed by atoms with E-state index in [2.05, 4.69) is 25.8 Å². The quantitative estimate of drug-likeness (QED) is 0.806. The van der Waals surface area contributed by atoms with Gasteiger partial charge in [0.1, 0.15) is 17.5 Å². The van der Waals surface area contributed by atoms with E-state index < -0.39 is 0 Å². The fraction of sp³-hybridized carbons (Fsp3) is 0.667. The highest BCUT2D eigenvalue weighted by Gasteiger charge is 2.34. The van der Waals surface area contributed by atoms with Gasteiger partial charge in [-0.3, -0.25) is 0 Å². The third-order valence-corrected chi connectivity index (χ3v) is 4.23. The van der Waals surface area contributed by atoms with Gasteiger partial charge in [-0.25, -0.2) is 4.79 Å². The van der Waals surface area contributed by atoms with Gasteiger partial charge in [-0.2, -0.15) is 0 Å². The number of aromatic nitrogens is 1. The molecule has 1 fully saturated rings. The largest absolute Gasteiger partial charge is 0.458 e. The number of nitrogens with two attached hydrogens (primary N) is 1. The van der Waals surface area contributed by atoms with Crippen molar-refractivity contribution in [2.75, 3.05) is 5.73 Å². The Bertz CT molecular complexity index is 435. The lowest BCUT2D eigenvalue weighted by atomic mass is 9.75. The number of H-pyrrole nitrogens is 1. The molecule has 106 valence electrons. The Morgan fingerprint density at radius 3 is 2.37 bits per heavy atom. The zero-order chi connectivity index (χ0) is 14.2. The summed E-state index contributed by atoms with van der Waals surface area (Å²) in [7, 11) is 0. The molecule has 1 saturated carbocycles. The molecule has 0 aliphatic heterocycles. The third kappa shape index (κ3) is 2.77. The van der Waals surface area contributed by atoms with E-state index >= 15 is 0 Å². The van der Waals surface area contributed by atoms with Gasteiger partial charge < -0.3 is 15.5 Å². The first-order chi connectivity index (χ1) is 8.90. The molecule has 0 amide bonds. The van der Waals surface area contributed by atoms with E-state index in [4.69, 9.17) is 10.5 Å². The minimum atomic E-state index is -0.297. The topological polar surface area (TPSA) is 68.1 Å². The van der Waals surface area contributed by atoms with E-state index in [1.807, 2.05) is 6.92 Å². The number of aromatic amines is 1. The summed E-state index contributed by atoms with van der Waals surface area (Å²) in [6.45, 7) is 8.45. The normalized spacial score (nSPS) is 31.2. The molecule has 2 unspecified atom stereocenters. The molecule has 2 rings (SSSR count). The molecule has 1 aromatic heterocycles. The lowest BCUT2D eigenvalue weighted by Gasteiger charge is -2.37. The van der Waals surface area contributed by atoms with Crippen molar-refractivity contribution in [1.29, 1.82) is 0 Å². The van der Waals surface area contributed by atoms with Gasteiger partial charge in [0.15, 0.2) is 0 Å². The van der Waals surface area contributed by atoms with Gasteiger partial charge in [0.2, 0.25) is 0 Å². The van der Waals surface area contributed by atoms with Gasteiger partial charge in [-0.05, 0) is 43.1 Å². The fourth-order valence-electron chi connectivity index (χ4n) is 3.42. The number of hydrogen-bond acceptors (Lipinski definition) is 3. The number of hydrogen-bond donors (Lipinski definition) is 2. The number of carbonyl (C=O) groups excluding carboxylic acids is 1. The van der Waals surface area contributed by atoms with E-state index in [1.54, 1.807) is 6.20 Å². The third-order valence-electron chi connectivity index (χ3n) is 4.23. The smallest absolute Gasteiger partial charge is 0.342 e. The number of nitrogen functional groups attached to an aromatic ring is 1. The van der Waals surface area contributed by atoms with Crippen molar-refractivity contribution in [2.45, 2.75) is 46.6 Å². The summed E-state index contributed by atoms with van der Waals surface area (Å²) in [6, 6.07) is 0. The molecule has 0 saturated heterocycles. The maximum absolute atomic E-state index is 12.3. The maximum atomic E-state index is 12.3. The van der Waals surface area contributed by atoms with E-state index in [1.165, 1.54) is 0 Å². The number of carbonyl (C=O) groups is 1. The van der Waals surface area contributed by atoms with E-state index in [0.717, 1.165) is 18.4 Å². The zero-order valence-corrected chi connectivity index (χ0v) is 12.2. The number of rotatable bonds is 2. The molecule has 1 aliphatic carbocycles. The Morgan fingerprint density at radius 2 is 1.89 bits per heavy atom. The van der Waals surface area contributed by atoms with Crippen LogP contribution < -0.4 is 5.73 Å². The molecule has 4 heteroatoms. The summed E-state index contributed by atoms with van der Waals surface area (Å²) in [5.41, 5.74) is 7.11. The lowest BCUT2D eigenvalue weighted by Crippen LogP contribution is -2.37. The Balaban J connectivity index is 2.10. The van der Waals surface area contributed by atoms with Crippen LogP contribution in [0.5, 0.6) is 0 Å². The number of aryl methyl sites for hydroxylation is 1. The number of nitrogens with one attached hydrogen (secondary N) is 1. The highest BCUT2D eigenvalue weighted by molar-refractivity contribution is 5.96. The van der Waals surface area contributed by atoms with Crippen molar-refractivity contribution in [3.05, 3.63) is 17.3 Å². The predicted octanol–water partition coefficient (Wildman–Crippen LogP) is 3.13. The molecule has 0 aromatic carbocycles. The van der Waals surface area contributed by atoms with E-state index in [0.29, 0.717) is 29.1 Å². The minimum absolute atomic E-state index is 0.00241. The first kappa shape index (κ1) is 14.0. The van der Waals surface area contributed by atoms with Crippen LogP contribution in [0.15, 0.2) is 6.20 Å². The van der Waals surface area contributed by atoms with Crippen molar-refractivity contribution >= 4 is 11.8 Å². The second kappa shape index (κ2) is 5.27. The van der Waals surface area contributed by atoms with Crippen molar-refractivity contribution in [1.82, 2.24) is 4.98 Å². The Morgan fingerprint density at radius 1 is 1.32 bits per heavy atom. The molecule has 1 aromatic rings. The van der Waals surface area contributed by atoms with Gasteiger partial charge >= 0.3 is 5.97 Å². The monoisotopic (exact) mass is 264 g/mol. The van der Waals surface area contributed by atoms with Crippen LogP contribution in [0.1, 0.15) is 49.5 Å². The SMILES string of the molecule is Cc1c[nH]c(N)c1C(=O)OC1C(C)CC(C)CC1C. The first-order valence-electron chi connectivity index (χ1n) is 7.04. The van der Waals surface area contributed by atoms with Crippen molar-refractivity contribution in [3.8, 4) is 0 Å². The van der Waals surface area contributed by atoms with Crippen LogP contribution in [0.3, 0.4) is 0 Å². The summed E-state index contributed by atoms with van der Waals surface area (Å²) >= 11 is 0. The number of anilines is 1. The van der Waals surface area contributed by atoms with E-state index in [9.17, 15) is 4.79 Å². The standard InChI is InChI=1S/C15H24N2O2/c1-8-5-9(2)13(10(3)6-8)19-15(18)12-11(4)7-17-14(12)16/h7-10,13,17H,5-6,16H2,1-4H3. The van der Waals surface area contributed by atoms with Gasteiger partial charge in [0, 0.05) is 6.20 Å². The molecule has 3 N–H and O–H groups in total. The van der Waals surface area contributed by atoms with E-state index in [-0.39, 0.29) is 12.1 Å². The van der Waals surface area contributed by atoms with Gasteiger partial charge in [-0.1, -0.05) is 20.8 Å². The molecular weight excluding hydrogens is 240 g/mol.